The lowest BCUT2D eigenvalue weighted by molar-refractivity contribution is 0.0595. The number of nitrogens with zero attached hydrogens (tertiary/aromatic N) is 3. The van der Waals surface area contributed by atoms with Crippen LogP contribution >= 0.6 is 11.6 Å². The zero-order valence-corrected chi connectivity index (χ0v) is 19.8. The second kappa shape index (κ2) is 11.5. The van der Waals surface area contributed by atoms with E-state index >= 15 is 0 Å². The van der Waals surface area contributed by atoms with Crippen LogP contribution in [0.2, 0.25) is 5.02 Å². The van der Waals surface area contributed by atoms with Gasteiger partial charge in [-0.3, -0.25) is 4.79 Å². The van der Waals surface area contributed by atoms with Gasteiger partial charge >= 0.3 is 0 Å². The third-order valence-corrected chi connectivity index (χ3v) is 6.18. The molecule has 1 aliphatic rings. The monoisotopic (exact) mass is 486 g/mol. The molecule has 1 atom stereocenters. The number of anilines is 3. The number of rotatable bonds is 9. The smallest absolute Gasteiger partial charge is 0.292 e. The van der Waals surface area contributed by atoms with Crippen molar-refractivity contribution in [1.82, 2.24) is 9.78 Å². The minimum Gasteiger partial charge on any atom is -0.383 e. The molecular formula is C25H28ClFN4O3. The van der Waals surface area contributed by atoms with Gasteiger partial charge in [-0.05, 0) is 67.3 Å². The summed E-state index contributed by atoms with van der Waals surface area (Å²) in [6.45, 7) is 3.28. The van der Waals surface area contributed by atoms with Crippen molar-refractivity contribution in [3.63, 3.8) is 0 Å². The maximum atomic E-state index is 13.4. The molecule has 0 radical (unpaired) electrons. The number of hydrogen-bond acceptors (Lipinski definition) is 6. The molecule has 0 aliphatic carbocycles. The quantitative estimate of drug-likeness (QED) is 0.475. The van der Waals surface area contributed by atoms with E-state index in [4.69, 9.17) is 21.1 Å². The summed E-state index contributed by atoms with van der Waals surface area (Å²) in [6.07, 6.45) is 3.70. The van der Waals surface area contributed by atoms with E-state index in [9.17, 15) is 9.18 Å². The number of halogens is 2. The fourth-order valence-corrected chi connectivity index (χ4v) is 4.14. The van der Waals surface area contributed by atoms with E-state index in [2.05, 4.69) is 10.4 Å². The highest BCUT2D eigenvalue weighted by atomic mass is 35.5. The van der Waals surface area contributed by atoms with E-state index in [-0.39, 0.29) is 10.8 Å². The van der Waals surface area contributed by atoms with Crippen molar-refractivity contribution in [1.29, 1.82) is 0 Å². The summed E-state index contributed by atoms with van der Waals surface area (Å²) in [7, 11) is 1.63. The molecule has 1 N–H and O–H groups in total. The lowest BCUT2D eigenvalue weighted by Gasteiger charge is -2.25. The number of nitrogens with one attached hydrogen (secondary N) is 1. The van der Waals surface area contributed by atoms with Crippen LogP contribution in [0.15, 0.2) is 59.5 Å². The molecule has 34 heavy (non-hydrogen) atoms. The first-order valence-electron chi connectivity index (χ1n) is 11.3. The highest BCUT2D eigenvalue weighted by Crippen LogP contribution is 2.26. The molecule has 0 unspecified atom stereocenters. The van der Waals surface area contributed by atoms with Gasteiger partial charge in [0.05, 0.1) is 30.8 Å². The van der Waals surface area contributed by atoms with Crippen LogP contribution in [-0.4, -0.2) is 49.8 Å². The molecule has 0 amide bonds. The molecule has 9 heteroatoms. The summed E-state index contributed by atoms with van der Waals surface area (Å²) in [5.74, 6) is 0.0973. The van der Waals surface area contributed by atoms with Crippen LogP contribution in [-0.2, 0) is 9.47 Å². The molecule has 2 heterocycles. The highest BCUT2D eigenvalue weighted by molar-refractivity contribution is 6.32. The van der Waals surface area contributed by atoms with Gasteiger partial charge in [-0.1, -0.05) is 11.6 Å². The van der Waals surface area contributed by atoms with Gasteiger partial charge in [0.2, 0.25) is 0 Å². The normalized spacial score (nSPS) is 15.8. The summed E-state index contributed by atoms with van der Waals surface area (Å²) in [4.78, 5) is 14.9. The van der Waals surface area contributed by atoms with Crippen LogP contribution in [0.5, 0.6) is 0 Å². The fraction of sp³-hybridized carbons (Fsp3) is 0.360. The first kappa shape index (κ1) is 24.2. The van der Waals surface area contributed by atoms with Crippen LogP contribution in [0.1, 0.15) is 12.8 Å². The minimum absolute atomic E-state index is 0.101. The summed E-state index contributed by atoms with van der Waals surface area (Å²) < 4.78 is 25.4. The van der Waals surface area contributed by atoms with Crippen molar-refractivity contribution < 1.29 is 13.9 Å². The molecule has 0 saturated carbocycles. The second-order valence-corrected chi connectivity index (χ2v) is 8.57. The van der Waals surface area contributed by atoms with E-state index in [1.807, 2.05) is 17.0 Å². The highest BCUT2D eigenvalue weighted by Gasteiger charge is 2.16. The lowest BCUT2D eigenvalue weighted by Crippen LogP contribution is -2.27. The van der Waals surface area contributed by atoms with Crippen molar-refractivity contribution >= 4 is 28.7 Å². The zero-order valence-electron chi connectivity index (χ0n) is 19.0. The molecule has 1 fully saturated rings. The van der Waals surface area contributed by atoms with Crippen LogP contribution in [0.4, 0.5) is 21.5 Å². The van der Waals surface area contributed by atoms with E-state index in [0.717, 1.165) is 30.8 Å². The summed E-state index contributed by atoms with van der Waals surface area (Å²) >= 11 is 6.38. The average molecular weight is 487 g/mol. The van der Waals surface area contributed by atoms with Gasteiger partial charge in [0.1, 0.15) is 10.8 Å². The topological polar surface area (TPSA) is 68.6 Å². The number of ether oxygens (including phenoxy) is 2. The van der Waals surface area contributed by atoms with E-state index in [1.165, 1.54) is 16.8 Å². The first-order chi connectivity index (χ1) is 16.6. The van der Waals surface area contributed by atoms with Crippen LogP contribution in [0, 0.1) is 11.7 Å². The van der Waals surface area contributed by atoms with Gasteiger partial charge in [0, 0.05) is 38.2 Å². The maximum Gasteiger partial charge on any atom is 0.292 e. The van der Waals surface area contributed by atoms with Gasteiger partial charge in [0.25, 0.3) is 5.56 Å². The van der Waals surface area contributed by atoms with E-state index < -0.39 is 5.56 Å². The first-order valence-corrected chi connectivity index (χ1v) is 11.7. The molecule has 1 aliphatic heterocycles. The molecule has 2 aromatic carbocycles. The standard InChI is InChI=1S/C25H28ClFN4O3/c1-33-14-12-30(20-6-4-19(27)5-7-20)21-8-10-22(11-9-21)31-25(32)24(26)23(16-29-31)28-15-18-3-2-13-34-17-18/h4-11,16,18,28H,2-3,12-15,17H2,1H3/t18-/m0/s1. The van der Waals surface area contributed by atoms with Gasteiger partial charge in [-0.15, -0.1) is 0 Å². The second-order valence-electron chi connectivity index (χ2n) is 8.19. The Bertz CT molecular complexity index is 1130. The Morgan fingerprint density at radius 2 is 1.91 bits per heavy atom. The molecule has 1 saturated heterocycles. The van der Waals surface area contributed by atoms with Crippen molar-refractivity contribution in [2.45, 2.75) is 12.8 Å². The van der Waals surface area contributed by atoms with Crippen LogP contribution in [0.25, 0.3) is 5.69 Å². The van der Waals surface area contributed by atoms with Crippen molar-refractivity contribution in [3.8, 4) is 5.69 Å². The number of aromatic nitrogens is 2. The average Bonchev–Trinajstić information content (AvgIpc) is 2.87. The molecule has 3 aromatic rings. The van der Waals surface area contributed by atoms with Crippen LogP contribution < -0.4 is 15.8 Å². The van der Waals surface area contributed by atoms with Crippen LogP contribution in [0.3, 0.4) is 0 Å². The summed E-state index contributed by atoms with van der Waals surface area (Å²) in [5, 5.41) is 7.65. The molecule has 7 nitrogen and oxygen atoms in total. The fourth-order valence-electron chi connectivity index (χ4n) is 3.95. The van der Waals surface area contributed by atoms with Crippen molar-refractivity contribution in [3.05, 3.63) is 75.9 Å². The minimum atomic E-state index is -0.394. The third-order valence-electron chi connectivity index (χ3n) is 5.82. The Morgan fingerprint density at radius 1 is 1.21 bits per heavy atom. The SMILES string of the molecule is COCCN(c1ccc(F)cc1)c1ccc(-n2ncc(NC[C@@H]3CCCOC3)c(Cl)c2=O)cc1. The predicted octanol–water partition coefficient (Wildman–Crippen LogP) is 4.65. The van der Waals surface area contributed by atoms with Crippen molar-refractivity contribution in [2.24, 2.45) is 5.92 Å². The maximum absolute atomic E-state index is 13.4. The van der Waals surface area contributed by atoms with Gasteiger partial charge < -0.3 is 19.7 Å². The van der Waals surface area contributed by atoms with Gasteiger partial charge in [0.15, 0.2) is 0 Å². The molecule has 0 spiro atoms. The Labute approximate surface area is 203 Å². The van der Waals surface area contributed by atoms with E-state index in [1.54, 1.807) is 37.6 Å². The third kappa shape index (κ3) is 5.75. The Morgan fingerprint density at radius 3 is 2.56 bits per heavy atom. The number of benzene rings is 2. The van der Waals surface area contributed by atoms with Gasteiger partial charge in [-0.25, -0.2) is 4.39 Å². The molecule has 0 bridgehead atoms. The number of hydrogen-bond donors (Lipinski definition) is 1. The molecule has 1 aromatic heterocycles. The zero-order chi connectivity index (χ0) is 23.9. The molecular weight excluding hydrogens is 459 g/mol. The van der Waals surface area contributed by atoms with Gasteiger partial charge in [-0.2, -0.15) is 9.78 Å². The lowest BCUT2D eigenvalue weighted by atomic mass is 10.0. The summed E-state index contributed by atoms with van der Waals surface area (Å²) in [6, 6.07) is 13.6. The summed E-state index contributed by atoms with van der Waals surface area (Å²) in [5.41, 5.74) is 2.43. The molecule has 180 valence electrons. The Kier molecular flexibility index (Phi) is 8.16. The van der Waals surface area contributed by atoms with E-state index in [0.29, 0.717) is 43.6 Å². The largest absolute Gasteiger partial charge is 0.383 e. The Hall–Kier alpha value is -2.94. The Balaban J connectivity index is 1.52. The predicted molar refractivity (Wildman–Crippen MR) is 132 cm³/mol. The molecule has 4 rings (SSSR count). The number of methoxy groups -OCH3 is 1. The van der Waals surface area contributed by atoms with Crippen molar-refractivity contribution in [2.75, 3.05) is 50.2 Å².